The highest BCUT2D eigenvalue weighted by Gasteiger charge is 2.24. The number of fused-ring (bicyclic) bond motifs is 2. The van der Waals surface area contributed by atoms with Crippen LogP contribution in [0.3, 0.4) is 0 Å². The quantitative estimate of drug-likeness (QED) is 0.833. The SMILES string of the molecule is CC(C)(NCc1cc(Cl)c2c(c1)OCCO2)c1ccc2c(c1)OCO2.Cl. The van der Waals surface area contributed by atoms with Gasteiger partial charge in [-0.15, -0.1) is 12.4 Å². The summed E-state index contributed by atoms with van der Waals surface area (Å²) in [5.74, 6) is 2.91. The van der Waals surface area contributed by atoms with Crippen molar-refractivity contribution in [1.82, 2.24) is 5.32 Å². The van der Waals surface area contributed by atoms with Crippen LogP contribution in [-0.2, 0) is 12.1 Å². The van der Waals surface area contributed by atoms with Crippen LogP contribution in [-0.4, -0.2) is 20.0 Å². The molecule has 0 saturated heterocycles. The third kappa shape index (κ3) is 3.65. The van der Waals surface area contributed by atoms with Gasteiger partial charge in [-0.05, 0) is 49.2 Å². The third-order valence-electron chi connectivity index (χ3n) is 4.49. The van der Waals surface area contributed by atoms with Crippen LogP contribution >= 0.6 is 24.0 Å². The van der Waals surface area contributed by atoms with Crippen LogP contribution in [0.5, 0.6) is 23.0 Å². The molecule has 0 atom stereocenters. The van der Waals surface area contributed by atoms with Crippen molar-refractivity contribution in [3.63, 3.8) is 0 Å². The van der Waals surface area contributed by atoms with E-state index in [0.29, 0.717) is 36.3 Å². The summed E-state index contributed by atoms with van der Waals surface area (Å²) in [5, 5.41) is 4.14. The van der Waals surface area contributed by atoms with Crippen molar-refractivity contribution in [3.05, 3.63) is 46.5 Å². The summed E-state index contributed by atoms with van der Waals surface area (Å²) < 4.78 is 22.1. The largest absolute Gasteiger partial charge is 0.486 e. The smallest absolute Gasteiger partial charge is 0.231 e. The van der Waals surface area contributed by atoms with E-state index in [-0.39, 0.29) is 24.7 Å². The molecule has 1 N–H and O–H groups in total. The van der Waals surface area contributed by atoms with Crippen molar-refractivity contribution in [1.29, 1.82) is 0 Å². The Morgan fingerprint density at radius 3 is 2.58 bits per heavy atom. The molecule has 2 aromatic rings. The lowest BCUT2D eigenvalue weighted by Crippen LogP contribution is -2.36. The predicted molar refractivity (Wildman–Crippen MR) is 102 cm³/mol. The van der Waals surface area contributed by atoms with Gasteiger partial charge in [0.2, 0.25) is 6.79 Å². The number of hydrogen-bond acceptors (Lipinski definition) is 5. The Kier molecular flexibility index (Phi) is 5.42. The Labute approximate surface area is 163 Å². The molecule has 5 nitrogen and oxygen atoms in total. The summed E-state index contributed by atoms with van der Waals surface area (Å²) in [6.45, 7) is 6.26. The van der Waals surface area contributed by atoms with E-state index in [9.17, 15) is 0 Å². The monoisotopic (exact) mass is 397 g/mol. The van der Waals surface area contributed by atoms with Gasteiger partial charge >= 0.3 is 0 Å². The first-order valence-corrected chi connectivity index (χ1v) is 8.64. The summed E-state index contributed by atoms with van der Waals surface area (Å²) in [7, 11) is 0. The van der Waals surface area contributed by atoms with E-state index in [0.717, 1.165) is 22.6 Å². The summed E-state index contributed by atoms with van der Waals surface area (Å²) in [6.07, 6.45) is 0. The average molecular weight is 398 g/mol. The molecule has 7 heteroatoms. The van der Waals surface area contributed by atoms with Crippen LogP contribution in [0.4, 0.5) is 0 Å². The molecular weight excluding hydrogens is 377 g/mol. The predicted octanol–water partition coefficient (Wildman–Crippen LogP) is 4.29. The maximum atomic E-state index is 6.32. The maximum absolute atomic E-state index is 6.32. The van der Waals surface area contributed by atoms with Crippen molar-refractivity contribution in [2.45, 2.75) is 25.9 Å². The van der Waals surface area contributed by atoms with Gasteiger partial charge in [-0.1, -0.05) is 17.7 Å². The van der Waals surface area contributed by atoms with Gasteiger partial charge in [-0.2, -0.15) is 0 Å². The van der Waals surface area contributed by atoms with Crippen molar-refractivity contribution >= 4 is 24.0 Å². The van der Waals surface area contributed by atoms with Crippen LogP contribution in [0.25, 0.3) is 0 Å². The molecule has 0 spiro atoms. The molecule has 0 fully saturated rings. The van der Waals surface area contributed by atoms with Gasteiger partial charge in [0.15, 0.2) is 23.0 Å². The molecule has 140 valence electrons. The summed E-state index contributed by atoms with van der Waals surface area (Å²) in [5.41, 5.74) is 1.92. The Bertz CT molecular complexity index is 810. The number of benzene rings is 2. The highest BCUT2D eigenvalue weighted by atomic mass is 35.5. The molecule has 0 unspecified atom stereocenters. The zero-order valence-corrected chi connectivity index (χ0v) is 16.2. The van der Waals surface area contributed by atoms with Crippen LogP contribution in [0.1, 0.15) is 25.0 Å². The molecule has 0 bridgehead atoms. The van der Waals surface area contributed by atoms with Crippen molar-refractivity contribution in [3.8, 4) is 23.0 Å². The highest BCUT2D eigenvalue weighted by molar-refractivity contribution is 6.32. The van der Waals surface area contributed by atoms with E-state index >= 15 is 0 Å². The summed E-state index contributed by atoms with van der Waals surface area (Å²) in [6, 6.07) is 9.91. The minimum Gasteiger partial charge on any atom is -0.486 e. The van der Waals surface area contributed by atoms with E-state index in [1.807, 2.05) is 24.3 Å². The first-order valence-electron chi connectivity index (χ1n) is 8.26. The van der Waals surface area contributed by atoms with Gasteiger partial charge < -0.3 is 24.3 Å². The molecule has 0 radical (unpaired) electrons. The zero-order valence-electron chi connectivity index (χ0n) is 14.6. The van der Waals surface area contributed by atoms with Gasteiger partial charge in [-0.25, -0.2) is 0 Å². The van der Waals surface area contributed by atoms with Gasteiger partial charge in [0, 0.05) is 12.1 Å². The second-order valence-corrected chi connectivity index (χ2v) is 7.06. The molecule has 4 rings (SSSR count). The Morgan fingerprint density at radius 1 is 0.962 bits per heavy atom. The molecule has 0 amide bonds. The topological polar surface area (TPSA) is 49.0 Å². The lowest BCUT2D eigenvalue weighted by Gasteiger charge is -2.28. The van der Waals surface area contributed by atoms with E-state index in [1.54, 1.807) is 0 Å². The lowest BCUT2D eigenvalue weighted by atomic mass is 9.93. The van der Waals surface area contributed by atoms with E-state index in [1.165, 1.54) is 0 Å². The molecule has 2 heterocycles. The van der Waals surface area contributed by atoms with Crippen LogP contribution < -0.4 is 24.3 Å². The first-order chi connectivity index (χ1) is 12.0. The number of ether oxygens (including phenoxy) is 4. The first kappa shape index (κ1) is 19.0. The summed E-state index contributed by atoms with van der Waals surface area (Å²) >= 11 is 6.32. The van der Waals surface area contributed by atoms with Gasteiger partial charge in [0.05, 0.1) is 5.02 Å². The molecule has 2 aromatic carbocycles. The minimum atomic E-state index is -0.249. The van der Waals surface area contributed by atoms with E-state index < -0.39 is 0 Å². The van der Waals surface area contributed by atoms with E-state index in [4.69, 9.17) is 30.5 Å². The van der Waals surface area contributed by atoms with Crippen molar-refractivity contribution in [2.24, 2.45) is 0 Å². The fourth-order valence-corrected chi connectivity index (χ4v) is 3.26. The molecule has 26 heavy (non-hydrogen) atoms. The number of nitrogens with one attached hydrogen (secondary N) is 1. The van der Waals surface area contributed by atoms with E-state index in [2.05, 4.69) is 25.2 Å². The molecular formula is C19H21Cl2NO4. The molecule has 0 saturated carbocycles. The fraction of sp³-hybridized carbons (Fsp3) is 0.368. The molecule has 0 aromatic heterocycles. The number of rotatable bonds is 4. The second kappa shape index (κ2) is 7.43. The second-order valence-electron chi connectivity index (χ2n) is 6.65. The lowest BCUT2D eigenvalue weighted by molar-refractivity contribution is 0.171. The fourth-order valence-electron chi connectivity index (χ4n) is 2.98. The van der Waals surface area contributed by atoms with Crippen LogP contribution in [0, 0.1) is 0 Å². The zero-order chi connectivity index (χ0) is 17.4. The summed E-state index contributed by atoms with van der Waals surface area (Å²) in [4.78, 5) is 0. The van der Waals surface area contributed by atoms with Crippen molar-refractivity contribution < 1.29 is 18.9 Å². The van der Waals surface area contributed by atoms with Crippen molar-refractivity contribution in [2.75, 3.05) is 20.0 Å². The van der Waals surface area contributed by atoms with Gasteiger partial charge in [0.25, 0.3) is 0 Å². The number of halogens is 2. The van der Waals surface area contributed by atoms with Gasteiger partial charge in [0.1, 0.15) is 13.2 Å². The Morgan fingerprint density at radius 2 is 1.73 bits per heavy atom. The van der Waals surface area contributed by atoms with Crippen LogP contribution in [0.2, 0.25) is 5.02 Å². The van der Waals surface area contributed by atoms with Crippen LogP contribution in [0.15, 0.2) is 30.3 Å². The molecule has 0 aliphatic carbocycles. The minimum absolute atomic E-state index is 0. The third-order valence-corrected chi connectivity index (χ3v) is 4.77. The molecule has 2 aliphatic rings. The standard InChI is InChI=1S/C19H20ClNO4.ClH/c1-19(2,13-3-4-15-16(9-13)25-11-24-15)21-10-12-7-14(20)18-17(8-12)22-5-6-23-18;/h3-4,7-9,21H,5-6,10-11H2,1-2H3;1H. The molecule has 2 aliphatic heterocycles. The maximum Gasteiger partial charge on any atom is 0.231 e. The number of hydrogen-bond donors (Lipinski definition) is 1. The highest BCUT2D eigenvalue weighted by Crippen LogP contribution is 2.39. The van der Waals surface area contributed by atoms with Gasteiger partial charge in [-0.3, -0.25) is 0 Å². The Hall–Kier alpha value is -1.82. The average Bonchev–Trinajstić information content (AvgIpc) is 3.08. The normalized spacial score (nSPS) is 14.7. The Balaban J connectivity index is 0.00000196.